The summed E-state index contributed by atoms with van der Waals surface area (Å²) >= 11 is 0. The number of hydrogen-bond acceptors (Lipinski definition) is 1. The van der Waals surface area contributed by atoms with Gasteiger partial charge in [-0.25, -0.2) is 8.78 Å². The maximum Gasteiger partial charge on any atom is 0.294 e. The van der Waals surface area contributed by atoms with E-state index < -0.39 is 28.8 Å². The first kappa shape index (κ1) is 10.6. The number of benzene rings is 1. The van der Waals surface area contributed by atoms with E-state index in [1.807, 2.05) is 0 Å². The molecule has 1 aromatic rings. The molecule has 2 N–H and O–H groups in total. The molecule has 1 aromatic carbocycles. The Bertz CT molecular complexity index is 373. The van der Waals surface area contributed by atoms with Gasteiger partial charge in [0.25, 0.3) is 5.92 Å². The lowest BCUT2D eigenvalue weighted by Crippen LogP contribution is -2.12. The Labute approximate surface area is 77.8 Å². The van der Waals surface area contributed by atoms with Crippen LogP contribution in [0.15, 0.2) is 24.8 Å². The summed E-state index contributed by atoms with van der Waals surface area (Å²) in [4.78, 5) is 0. The van der Waals surface area contributed by atoms with Crippen molar-refractivity contribution < 1.29 is 17.6 Å². The van der Waals surface area contributed by atoms with E-state index in [0.29, 0.717) is 12.1 Å². The highest BCUT2D eigenvalue weighted by atomic mass is 19.3. The lowest BCUT2D eigenvalue weighted by molar-refractivity contribution is 0.0481. The van der Waals surface area contributed by atoms with Gasteiger partial charge >= 0.3 is 0 Å². The van der Waals surface area contributed by atoms with Crippen LogP contribution < -0.4 is 5.73 Å². The number of rotatable bonds is 2. The van der Waals surface area contributed by atoms with Crippen LogP contribution >= 0.6 is 0 Å². The summed E-state index contributed by atoms with van der Waals surface area (Å²) < 4.78 is 51.5. The van der Waals surface area contributed by atoms with Gasteiger partial charge in [0, 0.05) is 6.07 Å². The first-order valence-electron chi connectivity index (χ1n) is 3.65. The number of allylic oxidation sites excluding steroid dienone is 1. The summed E-state index contributed by atoms with van der Waals surface area (Å²) in [5.74, 6) is -5.93. The Morgan fingerprint density at radius 2 is 1.79 bits per heavy atom. The molecule has 1 nitrogen and oxygen atoms in total. The predicted molar refractivity (Wildman–Crippen MR) is 44.9 cm³/mol. The summed E-state index contributed by atoms with van der Waals surface area (Å²) in [6.45, 7) is 2.83. The topological polar surface area (TPSA) is 26.0 Å². The standard InChI is InChI=1S/C9H7F4N/c1-2-9(12,13)5-3-7(11)8(14)4-6(5)10/h2-4H,1,14H2. The molecule has 76 valence electrons. The van der Waals surface area contributed by atoms with Gasteiger partial charge in [0.05, 0.1) is 11.3 Å². The molecule has 0 aliphatic rings. The third kappa shape index (κ3) is 1.71. The summed E-state index contributed by atoms with van der Waals surface area (Å²) in [6, 6.07) is 0.883. The predicted octanol–water partition coefficient (Wildman–Crippen LogP) is 2.82. The molecule has 0 amide bonds. The molecule has 0 aromatic heterocycles. The number of hydrogen-bond donors (Lipinski definition) is 1. The Balaban J connectivity index is 3.36. The average Bonchev–Trinajstić information content (AvgIpc) is 2.11. The number of nitrogen functional groups attached to an aromatic ring is 1. The van der Waals surface area contributed by atoms with Crippen LogP contribution in [-0.4, -0.2) is 0 Å². The zero-order valence-electron chi connectivity index (χ0n) is 7.03. The molecule has 0 aliphatic carbocycles. The lowest BCUT2D eigenvalue weighted by Gasteiger charge is -2.13. The Hall–Kier alpha value is -1.52. The molecule has 0 aliphatic heterocycles. The van der Waals surface area contributed by atoms with Crippen molar-refractivity contribution in [3.63, 3.8) is 0 Å². The first-order valence-corrected chi connectivity index (χ1v) is 3.65. The van der Waals surface area contributed by atoms with Gasteiger partial charge in [0.2, 0.25) is 0 Å². The highest BCUT2D eigenvalue weighted by molar-refractivity contribution is 5.44. The Kier molecular flexibility index (Phi) is 2.51. The zero-order chi connectivity index (χ0) is 10.9. The molecule has 0 heterocycles. The van der Waals surface area contributed by atoms with Crippen molar-refractivity contribution in [3.05, 3.63) is 42.0 Å². The second-order valence-electron chi connectivity index (χ2n) is 2.68. The fourth-order valence-corrected chi connectivity index (χ4v) is 0.928. The smallest absolute Gasteiger partial charge is 0.294 e. The van der Waals surface area contributed by atoms with Gasteiger partial charge < -0.3 is 5.73 Å². The van der Waals surface area contributed by atoms with E-state index in [2.05, 4.69) is 6.58 Å². The van der Waals surface area contributed by atoms with Gasteiger partial charge in [-0.2, -0.15) is 8.78 Å². The number of alkyl halides is 2. The van der Waals surface area contributed by atoms with Crippen LogP contribution in [0.25, 0.3) is 0 Å². The SMILES string of the molecule is C=CC(F)(F)c1cc(F)c(N)cc1F. The Morgan fingerprint density at radius 3 is 2.29 bits per heavy atom. The van der Waals surface area contributed by atoms with Gasteiger partial charge in [-0.1, -0.05) is 6.58 Å². The van der Waals surface area contributed by atoms with Crippen LogP contribution in [0.3, 0.4) is 0 Å². The molecule has 5 heteroatoms. The largest absolute Gasteiger partial charge is 0.396 e. The number of halogens is 4. The quantitative estimate of drug-likeness (QED) is 0.448. The van der Waals surface area contributed by atoms with Crippen molar-refractivity contribution in [2.24, 2.45) is 0 Å². The van der Waals surface area contributed by atoms with Gasteiger partial charge in [0.15, 0.2) is 0 Å². The lowest BCUT2D eigenvalue weighted by atomic mass is 10.1. The summed E-state index contributed by atoms with van der Waals surface area (Å²) in [5, 5.41) is 0. The average molecular weight is 205 g/mol. The molecule has 0 unspecified atom stereocenters. The number of nitrogens with two attached hydrogens (primary N) is 1. The van der Waals surface area contributed by atoms with Crippen molar-refractivity contribution in [1.29, 1.82) is 0 Å². The zero-order valence-corrected chi connectivity index (χ0v) is 7.03. The van der Waals surface area contributed by atoms with Crippen LogP contribution in [0.5, 0.6) is 0 Å². The highest BCUT2D eigenvalue weighted by Gasteiger charge is 2.31. The van der Waals surface area contributed by atoms with Crippen LogP contribution in [0.2, 0.25) is 0 Å². The third-order valence-electron chi connectivity index (χ3n) is 1.70. The van der Waals surface area contributed by atoms with Crippen LogP contribution in [-0.2, 0) is 5.92 Å². The maximum atomic E-state index is 12.9. The Morgan fingerprint density at radius 1 is 1.21 bits per heavy atom. The van der Waals surface area contributed by atoms with Crippen molar-refractivity contribution in [2.45, 2.75) is 5.92 Å². The first-order chi connectivity index (χ1) is 6.38. The van der Waals surface area contributed by atoms with E-state index in [9.17, 15) is 17.6 Å². The fraction of sp³-hybridized carbons (Fsp3) is 0.111. The molecular formula is C9H7F4N. The second-order valence-corrected chi connectivity index (χ2v) is 2.68. The van der Waals surface area contributed by atoms with E-state index in [-0.39, 0.29) is 6.08 Å². The number of anilines is 1. The summed E-state index contributed by atoms with van der Waals surface area (Å²) in [7, 11) is 0. The summed E-state index contributed by atoms with van der Waals surface area (Å²) in [6.07, 6.45) is 0.237. The maximum absolute atomic E-state index is 12.9. The van der Waals surface area contributed by atoms with Gasteiger partial charge in [0.1, 0.15) is 11.6 Å². The third-order valence-corrected chi connectivity index (χ3v) is 1.70. The van der Waals surface area contributed by atoms with Crippen LogP contribution in [0.4, 0.5) is 23.2 Å². The van der Waals surface area contributed by atoms with Gasteiger partial charge in [-0.3, -0.25) is 0 Å². The monoisotopic (exact) mass is 205 g/mol. The van der Waals surface area contributed by atoms with Crippen molar-refractivity contribution in [2.75, 3.05) is 5.73 Å². The fourth-order valence-electron chi connectivity index (χ4n) is 0.928. The van der Waals surface area contributed by atoms with Gasteiger partial charge in [-0.05, 0) is 12.1 Å². The molecule has 0 saturated heterocycles. The highest BCUT2D eigenvalue weighted by Crippen LogP contribution is 2.32. The van der Waals surface area contributed by atoms with E-state index in [4.69, 9.17) is 5.73 Å². The van der Waals surface area contributed by atoms with Gasteiger partial charge in [-0.15, -0.1) is 0 Å². The molecule has 14 heavy (non-hydrogen) atoms. The van der Waals surface area contributed by atoms with Crippen molar-refractivity contribution in [1.82, 2.24) is 0 Å². The molecule has 0 radical (unpaired) electrons. The molecule has 1 rings (SSSR count). The second kappa shape index (κ2) is 3.32. The van der Waals surface area contributed by atoms with E-state index in [1.165, 1.54) is 0 Å². The normalized spacial score (nSPS) is 11.4. The molecule has 0 fully saturated rings. The van der Waals surface area contributed by atoms with E-state index in [1.54, 1.807) is 0 Å². The van der Waals surface area contributed by atoms with Crippen LogP contribution in [0.1, 0.15) is 5.56 Å². The molecule has 0 saturated carbocycles. The minimum Gasteiger partial charge on any atom is -0.396 e. The molecule has 0 atom stereocenters. The minimum absolute atomic E-state index is 0.237. The van der Waals surface area contributed by atoms with E-state index >= 15 is 0 Å². The molecule has 0 spiro atoms. The van der Waals surface area contributed by atoms with Crippen molar-refractivity contribution in [3.8, 4) is 0 Å². The molecule has 0 bridgehead atoms. The van der Waals surface area contributed by atoms with Crippen LogP contribution in [0, 0.1) is 11.6 Å². The van der Waals surface area contributed by atoms with E-state index in [0.717, 1.165) is 0 Å². The molecular weight excluding hydrogens is 198 g/mol. The van der Waals surface area contributed by atoms with Crippen molar-refractivity contribution >= 4 is 5.69 Å². The summed E-state index contributed by atoms with van der Waals surface area (Å²) in [5.41, 5.74) is 3.41. The minimum atomic E-state index is -3.60.